The number of halogens is 1. The summed E-state index contributed by atoms with van der Waals surface area (Å²) < 4.78 is 6.29. The number of hydrogen-bond acceptors (Lipinski definition) is 8. The summed E-state index contributed by atoms with van der Waals surface area (Å²) in [6, 6.07) is 15.0. The van der Waals surface area contributed by atoms with Gasteiger partial charge in [-0.1, -0.05) is 41.8 Å². The van der Waals surface area contributed by atoms with Gasteiger partial charge in [0.05, 0.1) is 35.8 Å². The van der Waals surface area contributed by atoms with Crippen LogP contribution in [0.5, 0.6) is 6.01 Å². The van der Waals surface area contributed by atoms with Gasteiger partial charge in [0.2, 0.25) is 0 Å². The lowest BCUT2D eigenvalue weighted by molar-refractivity contribution is -0.127. The maximum absolute atomic E-state index is 12.7. The first kappa shape index (κ1) is 29.0. The van der Waals surface area contributed by atoms with Crippen LogP contribution in [0.3, 0.4) is 0 Å². The Kier molecular flexibility index (Phi) is 8.56. The Balaban J connectivity index is 1.34. The van der Waals surface area contributed by atoms with Crippen LogP contribution in [-0.2, 0) is 17.8 Å². The molecule has 0 unspecified atom stereocenters. The maximum atomic E-state index is 12.7. The van der Waals surface area contributed by atoms with Crippen LogP contribution in [0.1, 0.15) is 37.4 Å². The summed E-state index contributed by atoms with van der Waals surface area (Å²) in [7, 11) is 2.13. The fourth-order valence-electron chi connectivity index (χ4n) is 6.59. The molecule has 2 aromatic carbocycles. The van der Waals surface area contributed by atoms with E-state index in [-0.39, 0.29) is 18.4 Å². The highest BCUT2D eigenvalue weighted by Crippen LogP contribution is 2.37. The fraction of sp³-hybridized carbons (Fsp3) is 0.455. The molecule has 10 heteroatoms. The smallest absolute Gasteiger partial charge is 0.318 e. The molecule has 3 aliphatic rings. The highest BCUT2D eigenvalue weighted by molar-refractivity contribution is 6.36. The van der Waals surface area contributed by atoms with E-state index in [0.29, 0.717) is 44.8 Å². The van der Waals surface area contributed by atoms with Crippen molar-refractivity contribution in [1.82, 2.24) is 19.8 Å². The van der Waals surface area contributed by atoms with E-state index in [4.69, 9.17) is 26.3 Å². The number of likely N-dealkylation sites (tertiary alicyclic amines) is 1. The number of aromatic nitrogens is 2. The van der Waals surface area contributed by atoms with Gasteiger partial charge in [-0.05, 0) is 63.2 Å². The average molecular weight is 598 g/mol. The van der Waals surface area contributed by atoms with E-state index in [1.165, 1.54) is 0 Å². The van der Waals surface area contributed by atoms with E-state index in [1.807, 2.05) is 12.1 Å². The summed E-state index contributed by atoms with van der Waals surface area (Å²) in [6.45, 7) is 6.21. The molecule has 2 fully saturated rings. The molecule has 0 bridgehead atoms. The van der Waals surface area contributed by atoms with Crippen molar-refractivity contribution < 1.29 is 9.53 Å². The first-order valence-corrected chi connectivity index (χ1v) is 15.3. The monoisotopic (exact) mass is 597 g/mol. The summed E-state index contributed by atoms with van der Waals surface area (Å²) in [5, 5.41) is 12.4. The van der Waals surface area contributed by atoms with Gasteiger partial charge >= 0.3 is 6.01 Å². The summed E-state index contributed by atoms with van der Waals surface area (Å²) in [5.74, 6) is 5.95. The summed E-state index contributed by atoms with van der Waals surface area (Å²) >= 11 is 6.70. The Labute approximate surface area is 258 Å². The number of hydrogen-bond donors (Lipinski definition) is 0. The Morgan fingerprint density at radius 2 is 1.93 bits per heavy atom. The van der Waals surface area contributed by atoms with Crippen molar-refractivity contribution in [2.45, 2.75) is 51.2 Å². The number of likely N-dealkylation sites (N-methyl/N-ethyl adjacent to an activating group) is 1. The molecule has 1 amide bonds. The van der Waals surface area contributed by atoms with E-state index >= 15 is 0 Å². The molecule has 9 nitrogen and oxygen atoms in total. The lowest BCUT2D eigenvalue weighted by atomic mass is 10.0. The van der Waals surface area contributed by atoms with Crippen LogP contribution >= 0.6 is 11.6 Å². The molecular weight excluding hydrogens is 562 g/mol. The average Bonchev–Trinajstić information content (AvgIpc) is 3.43. The number of rotatable bonds is 6. The van der Waals surface area contributed by atoms with Crippen LogP contribution in [0.25, 0.3) is 10.8 Å². The number of carbonyl (C=O) groups excluding carboxylic acids is 1. The van der Waals surface area contributed by atoms with Crippen molar-refractivity contribution in [3.8, 4) is 23.9 Å². The van der Waals surface area contributed by atoms with Crippen molar-refractivity contribution in [3.63, 3.8) is 0 Å². The number of nitriles is 1. The van der Waals surface area contributed by atoms with Crippen LogP contribution in [-0.4, -0.2) is 84.1 Å². The van der Waals surface area contributed by atoms with E-state index in [0.717, 1.165) is 70.9 Å². The molecule has 1 aromatic heterocycles. The number of benzene rings is 2. The zero-order valence-electron chi connectivity index (χ0n) is 24.7. The third kappa shape index (κ3) is 5.93. The van der Waals surface area contributed by atoms with Crippen molar-refractivity contribution in [2.75, 3.05) is 56.2 Å². The predicted octanol–water partition coefficient (Wildman–Crippen LogP) is 4.27. The van der Waals surface area contributed by atoms with E-state index < -0.39 is 0 Å². The van der Waals surface area contributed by atoms with Crippen molar-refractivity contribution in [1.29, 1.82) is 5.26 Å². The maximum Gasteiger partial charge on any atom is 0.318 e. The molecular formula is C33H36ClN7O2. The summed E-state index contributed by atoms with van der Waals surface area (Å²) in [6.07, 6.45) is 3.24. The molecule has 0 N–H and O–H groups in total. The third-order valence-electron chi connectivity index (χ3n) is 8.87. The minimum absolute atomic E-state index is 0.230. The normalized spacial score (nSPS) is 20.4. The highest BCUT2D eigenvalue weighted by atomic mass is 35.5. The lowest BCUT2D eigenvalue weighted by Gasteiger charge is -2.41. The van der Waals surface area contributed by atoms with Crippen LogP contribution < -0.4 is 14.5 Å². The second-order valence-electron chi connectivity index (χ2n) is 11.5. The van der Waals surface area contributed by atoms with Crippen LogP contribution in [0, 0.1) is 23.2 Å². The van der Waals surface area contributed by atoms with Gasteiger partial charge in [0.25, 0.3) is 5.91 Å². The largest absolute Gasteiger partial charge is 0.462 e. The van der Waals surface area contributed by atoms with E-state index in [1.54, 1.807) is 11.8 Å². The van der Waals surface area contributed by atoms with Gasteiger partial charge in [0.1, 0.15) is 12.4 Å². The number of piperazine rings is 1. The lowest BCUT2D eigenvalue weighted by Crippen LogP contribution is -2.55. The minimum Gasteiger partial charge on any atom is -0.462 e. The number of fused-ring (bicyclic) bond motifs is 2. The Hall–Kier alpha value is -4.05. The van der Waals surface area contributed by atoms with Crippen molar-refractivity contribution in [2.24, 2.45) is 0 Å². The number of nitrogens with zero attached hydrogens (tertiary/aromatic N) is 7. The second kappa shape index (κ2) is 12.7. The van der Waals surface area contributed by atoms with Crippen molar-refractivity contribution in [3.05, 3.63) is 52.7 Å². The van der Waals surface area contributed by atoms with Crippen LogP contribution in [0.2, 0.25) is 5.02 Å². The van der Waals surface area contributed by atoms with E-state index in [2.05, 4.69) is 63.9 Å². The quantitative estimate of drug-likeness (QED) is 0.389. The zero-order valence-corrected chi connectivity index (χ0v) is 25.5. The van der Waals surface area contributed by atoms with Gasteiger partial charge in [-0.15, -0.1) is 0 Å². The molecule has 222 valence electrons. The molecule has 3 aromatic rings. The molecule has 0 spiro atoms. The molecule has 2 atom stereocenters. The third-order valence-corrected chi connectivity index (χ3v) is 9.19. The molecule has 6 rings (SSSR count). The molecule has 4 heterocycles. The summed E-state index contributed by atoms with van der Waals surface area (Å²) in [5.41, 5.74) is 3.11. The Morgan fingerprint density at radius 1 is 1.09 bits per heavy atom. The molecule has 0 radical (unpaired) electrons. The summed E-state index contributed by atoms with van der Waals surface area (Å²) in [4.78, 5) is 31.2. The molecule has 2 saturated heterocycles. The standard InChI is InChI=1S/C33H36ClN7O2/c1-3-7-30(42)41-19-18-40(20-24(41)13-15-35)32-26-14-17-39(29-12-5-9-23-8-4-11-27(34)31(23)29)21-28(26)36-33(37-32)43-22-25-10-6-16-38(25)2/h4-5,8-9,11-12,24-25H,6,10,13-14,16-22H2,1-2H3/t24-,25-/m0/s1. The van der Waals surface area contributed by atoms with Gasteiger partial charge in [-0.2, -0.15) is 15.2 Å². The first-order chi connectivity index (χ1) is 21.0. The van der Waals surface area contributed by atoms with Gasteiger partial charge in [-0.3, -0.25) is 4.79 Å². The number of amides is 1. The Morgan fingerprint density at radius 3 is 2.70 bits per heavy atom. The van der Waals surface area contributed by atoms with Crippen molar-refractivity contribution >= 4 is 39.8 Å². The number of ether oxygens (including phenoxy) is 1. The fourth-order valence-corrected chi connectivity index (χ4v) is 6.87. The molecule has 43 heavy (non-hydrogen) atoms. The first-order valence-electron chi connectivity index (χ1n) is 15.0. The van der Waals surface area contributed by atoms with Gasteiger partial charge in [0, 0.05) is 48.9 Å². The van der Waals surface area contributed by atoms with Gasteiger partial charge < -0.3 is 24.3 Å². The van der Waals surface area contributed by atoms with Crippen LogP contribution in [0.15, 0.2) is 36.4 Å². The second-order valence-corrected chi connectivity index (χ2v) is 11.9. The van der Waals surface area contributed by atoms with E-state index in [9.17, 15) is 10.1 Å². The molecule has 0 aliphatic carbocycles. The minimum atomic E-state index is -0.271. The van der Waals surface area contributed by atoms with Crippen LogP contribution in [0.4, 0.5) is 11.5 Å². The Bertz CT molecular complexity index is 1620. The molecule has 0 saturated carbocycles. The topological polar surface area (TPSA) is 88.8 Å². The highest BCUT2D eigenvalue weighted by Gasteiger charge is 2.34. The van der Waals surface area contributed by atoms with Gasteiger partial charge in [-0.25, -0.2) is 0 Å². The zero-order chi connectivity index (χ0) is 29.9. The predicted molar refractivity (Wildman–Crippen MR) is 168 cm³/mol. The number of carbonyl (C=O) groups is 1. The number of anilines is 2. The SMILES string of the molecule is CC#CC(=O)N1CCN(c2nc(OC[C@@H]3CCCN3C)nc3c2CCN(c2cccc4cccc(Cl)c24)C3)C[C@@H]1CC#N. The molecule has 3 aliphatic heterocycles. The van der Waals surface area contributed by atoms with Gasteiger partial charge in [0.15, 0.2) is 0 Å².